The Bertz CT molecular complexity index is 330. The van der Waals surface area contributed by atoms with Crippen LogP contribution in [-0.2, 0) is 14.8 Å². The van der Waals surface area contributed by atoms with Crippen molar-refractivity contribution in [2.75, 3.05) is 0 Å². The maximum Gasteiger partial charge on any atom is 0.329 e. The lowest BCUT2D eigenvalue weighted by atomic mass is 9.85. The third kappa shape index (κ3) is 2.70. The molecule has 90 valence electrons. The highest BCUT2D eigenvalue weighted by molar-refractivity contribution is 7.95. The molecule has 0 atom stereocenters. The summed E-state index contributed by atoms with van der Waals surface area (Å²) in [5.74, 6) is 0. The first-order valence-corrected chi connectivity index (χ1v) is 5.25. The van der Waals surface area contributed by atoms with Crippen molar-refractivity contribution in [2.45, 2.75) is 24.5 Å². The van der Waals surface area contributed by atoms with Gasteiger partial charge in [0, 0.05) is 0 Å². The average Bonchev–Trinajstić information content (AvgIpc) is 2.27. The lowest BCUT2D eigenvalue weighted by Crippen LogP contribution is -2.37. The number of hydrogen-bond acceptors (Lipinski definition) is 4. The van der Waals surface area contributed by atoms with Gasteiger partial charge >= 0.3 is 5.25 Å². The SMILES string of the molecule is CC(C)(c1ccccc1)C(F)(F)SOOO. The quantitative estimate of drug-likeness (QED) is 0.492. The molecule has 0 bridgehead atoms. The van der Waals surface area contributed by atoms with Crippen LogP contribution in [0.3, 0.4) is 0 Å². The van der Waals surface area contributed by atoms with E-state index in [0.717, 1.165) is 0 Å². The minimum absolute atomic E-state index is 0.225. The molecule has 0 saturated carbocycles. The summed E-state index contributed by atoms with van der Waals surface area (Å²) in [6, 6.07) is 8.32. The molecule has 0 aliphatic rings. The Morgan fingerprint density at radius 1 is 1.19 bits per heavy atom. The molecular weight excluding hydrogens is 238 g/mol. The third-order valence-electron chi connectivity index (χ3n) is 2.39. The van der Waals surface area contributed by atoms with E-state index in [4.69, 9.17) is 5.26 Å². The summed E-state index contributed by atoms with van der Waals surface area (Å²) in [6.45, 7) is 2.77. The molecule has 0 aromatic heterocycles. The van der Waals surface area contributed by atoms with Gasteiger partial charge in [0.15, 0.2) is 0 Å². The third-order valence-corrected chi connectivity index (χ3v) is 3.24. The molecule has 0 fully saturated rings. The van der Waals surface area contributed by atoms with Gasteiger partial charge in [-0.05, 0) is 19.4 Å². The van der Waals surface area contributed by atoms with Crippen molar-refractivity contribution < 1.29 is 23.4 Å². The van der Waals surface area contributed by atoms with Gasteiger partial charge in [-0.25, -0.2) is 5.26 Å². The number of benzene rings is 1. The highest BCUT2D eigenvalue weighted by atomic mass is 32.2. The Labute approximate surface area is 96.4 Å². The number of rotatable bonds is 5. The molecule has 0 amide bonds. The average molecular weight is 250 g/mol. The molecule has 6 heteroatoms. The summed E-state index contributed by atoms with van der Waals surface area (Å²) in [5.41, 5.74) is -0.980. The van der Waals surface area contributed by atoms with Gasteiger partial charge in [0.1, 0.15) is 12.0 Å². The Kier molecular flexibility index (Phi) is 4.26. The molecule has 0 spiro atoms. The molecule has 0 aliphatic heterocycles. The van der Waals surface area contributed by atoms with E-state index in [1.54, 1.807) is 30.3 Å². The van der Waals surface area contributed by atoms with Gasteiger partial charge in [-0.1, -0.05) is 35.4 Å². The number of halogens is 2. The molecule has 1 aromatic rings. The summed E-state index contributed by atoms with van der Waals surface area (Å²) in [7, 11) is 0. The second-order valence-corrected chi connectivity index (χ2v) is 4.55. The zero-order valence-electron chi connectivity index (χ0n) is 8.81. The fraction of sp³-hybridized carbons (Fsp3) is 0.400. The van der Waals surface area contributed by atoms with E-state index >= 15 is 0 Å². The minimum Gasteiger partial charge on any atom is -0.220 e. The summed E-state index contributed by atoms with van der Waals surface area (Å²) in [6.07, 6.45) is 0. The molecule has 0 saturated heterocycles. The maximum absolute atomic E-state index is 13.7. The predicted octanol–water partition coefficient (Wildman–Crippen LogP) is 3.63. The van der Waals surface area contributed by atoms with E-state index < -0.39 is 10.7 Å². The molecule has 1 aromatic carbocycles. The van der Waals surface area contributed by atoms with Gasteiger partial charge in [0.05, 0.1) is 5.41 Å². The van der Waals surface area contributed by atoms with Crippen LogP contribution in [0.25, 0.3) is 0 Å². The van der Waals surface area contributed by atoms with Crippen LogP contribution in [0.2, 0.25) is 0 Å². The first-order valence-electron chi connectivity index (χ1n) is 4.51. The van der Waals surface area contributed by atoms with Crippen LogP contribution in [0.1, 0.15) is 19.4 Å². The van der Waals surface area contributed by atoms with Gasteiger partial charge in [0.25, 0.3) is 0 Å². The number of alkyl halides is 2. The second kappa shape index (κ2) is 5.09. The van der Waals surface area contributed by atoms with Crippen LogP contribution in [0.5, 0.6) is 0 Å². The van der Waals surface area contributed by atoms with E-state index in [9.17, 15) is 8.78 Å². The largest absolute Gasteiger partial charge is 0.329 e. The summed E-state index contributed by atoms with van der Waals surface area (Å²) < 4.78 is 31.3. The van der Waals surface area contributed by atoms with Gasteiger partial charge in [-0.15, -0.1) is 4.33 Å². The molecule has 1 rings (SSSR count). The van der Waals surface area contributed by atoms with Gasteiger partial charge in [0.2, 0.25) is 0 Å². The highest BCUT2D eigenvalue weighted by Gasteiger charge is 2.50. The van der Waals surface area contributed by atoms with E-state index in [-0.39, 0.29) is 12.0 Å². The first-order chi connectivity index (χ1) is 7.42. The molecule has 0 radical (unpaired) electrons. The molecule has 3 nitrogen and oxygen atoms in total. The van der Waals surface area contributed by atoms with E-state index in [1.807, 2.05) is 0 Å². The molecule has 0 aliphatic carbocycles. The molecule has 1 N–H and O–H groups in total. The highest BCUT2D eigenvalue weighted by Crippen LogP contribution is 2.47. The lowest BCUT2D eigenvalue weighted by molar-refractivity contribution is -0.433. The standard InChI is InChI=1S/C10H12F2O3S/c1-9(2,8-6-4-3-5-7-8)10(11,12)16-15-14-13/h3-7,13H,1-2H3. The van der Waals surface area contributed by atoms with Crippen LogP contribution >= 0.6 is 12.0 Å². The minimum atomic E-state index is -3.24. The summed E-state index contributed by atoms with van der Waals surface area (Å²) in [4.78, 5) is 0. The van der Waals surface area contributed by atoms with E-state index in [0.29, 0.717) is 5.56 Å². The first kappa shape index (κ1) is 13.4. The fourth-order valence-corrected chi connectivity index (χ4v) is 1.63. The predicted molar refractivity (Wildman–Crippen MR) is 56.8 cm³/mol. The fourth-order valence-electron chi connectivity index (χ4n) is 1.18. The molecular formula is C10H12F2O3S. The maximum atomic E-state index is 13.7. The van der Waals surface area contributed by atoms with Crippen molar-refractivity contribution in [3.05, 3.63) is 35.9 Å². The van der Waals surface area contributed by atoms with Crippen molar-refractivity contribution >= 4 is 12.0 Å². The molecule has 0 heterocycles. The monoisotopic (exact) mass is 250 g/mol. The van der Waals surface area contributed by atoms with Crippen LogP contribution in [0.4, 0.5) is 8.78 Å². The molecule has 16 heavy (non-hydrogen) atoms. The van der Waals surface area contributed by atoms with E-state index in [1.165, 1.54) is 13.8 Å². The Hall–Kier alpha value is -0.690. The van der Waals surface area contributed by atoms with E-state index in [2.05, 4.69) is 9.37 Å². The zero-order valence-corrected chi connectivity index (χ0v) is 9.63. The summed E-state index contributed by atoms with van der Waals surface area (Å²) in [5, 5.41) is 7.84. The van der Waals surface area contributed by atoms with Crippen molar-refractivity contribution in [1.29, 1.82) is 0 Å². The van der Waals surface area contributed by atoms with Gasteiger partial charge < -0.3 is 0 Å². The Morgan fingerprint density at radius 3 is 2.25 bits per heavy atom. The van der Waals surface area contributed by atoms with Crippen LogP contribution in [0.15, 0.2) is 30.3 Å². The van der Waals surface area contributed by atoms with Gasteiger partial charge in [-0.3, -0.25) is 0 Å². The van der Waals surface area contributed by atoms with Crippen molar-refractivity contribution in [2.24, 2.45) is 0 Å². The second-order valence-electron chi connectivity index (χ2n) is 3.73. The van der Waals surface area contributed by atoms with Crippen LogP contribution < -0.4 is 0 Å². The lowest BCUT2D eigenvalue weighted by Gasteiger charge is -2.32. The Morgan fingerprint density at radius 2 is 1.75 bits per heavy atom. The Balaban J connectivity index is 2.92. The topological polar surface area (TPSA) is 38.7 Å². The van der Waals surface area contributed by atoms with Gasteiger partial charge in [-0.2, -0.15) is 8.78 Å². The zero-order chi connectivity index (χ0) is 12.2. The van der Waals surface area contributed by atoms with Crippen LogP contribution in [0, 0.1) is 0 Å². The number of hydrogen-bond donors (Lipinski definition) is 1. The summed E-state index contributed by atoms with van der Waals surface area (Å²) >= 11 is -0.225. The normalized spacial score (nSPS) is 12.8. The van der Waals surface area contributed by atoms with Crippen molar-refractivity contribution in [3.8, 4) is 0 Å². The van der Waals surface area contributed by atoms with Crippen molar-refractivity contribution in [1.82, 2.24) is 0 Å². The van der Waals surface area contributed by atoms with Crippen molar-refractivity contribution in [3.63, 3.8) is 0 Å². The smallest absolute Gasteiger partial charge is 0.220 e. The molecule has 0 unspecified atom stereocenters. The van der Waals surface area contributed by atoms with Crippen LogP contribution in [-0.4, -0.2) is 10.5 Å².